The van der Waals surface area contributed by atoms with Crippen LogP contribution in [0.3, 0.4) is 0 Å². The number of thiol groups is 2. The number of carboxylic acid groups (broad SMARTS) is 1. The summed E-state index contributed by atoms with van der Waals surface area (Å²) in [5.41, 5.74) is 0. The second-order valence-corrected chi connectivity index (χ2v) is 6.74. The first-order valence-electron chi connectivity index (χ1n) is 5.21. The molecule has 0 aromatic heterocycles. The standard InChI is InChI=1S/C8H18S2.CH3NO2S2/c1-3-5-7-9-10-8-6-4-2;3-1(4)2(5)6/h3-8H2,1-2H3;5-6H,(H,3,4). The molecule has 0 aliphatic carbocycles. The average Bonchev–Trinajstić information content (AvgIpc) is 2.24. The van der Waals surface area contributed by atoms with E-state index in [1.807, 2.05) is 21.6 Å². The molecule has 0 atom stereocenters. The predicted molar refractivity (Wildman–Crippen MR) is 82.6 cm³/mol. The summed E-state index contributed by atoms with van der Waals surface area (Å²) >= 11 is 6.58. The van der Waals surface area contributed by atoms with E-state index in [0.717, 1.165) is 0 Å². The van der Waals surface area contributed by atoms with Gasteiger partial charge in [0.1, 0.15) is 0 Å². The third kappa shape index (κ3) is 20.1. The van der Waals surface area contributed by atoms with Crippen LogP contribution in [-0.4, -0.2) is 26.4 Å². The van der Waals surface area contributed by atoms with Gasteiger partial charge in [0.15, 0.2) is 0 Å². The fourth-order valence-electron chi connectivity index (χ4n) is 0.524. The van der Waals surface area contributed by atoms with E-state index in [0.29, 0.717) is 3.71 Å². The normalized spacial score (nSPS) is 9.25. The van der Waals surface area contributed by atoms with Crippen LogP contribution in [0.15, 0.2) is 0 Å². The first-order chi connectivity index (χ1) is 7.56. The zero-order chi connectivity index (χ0) is 12.8. The van der Waals surface area contributed by atoms with Gasteiger partial charge in [0, 0.05) is 11.5 Å². The zero-order valence-corrected chi connectivity index (χ0v) is 13.2. The van der Waals surface area contributed by atoms with Crippen molar-refractivity contribution in [3.8, 4) is 0 Å². The number of hydrogen-bond donors (Lipinski definition) is 3. The minimum absolute atomic E-state index is 0.472. The van der Waals surface area contributed by atoms with Crippen molar-refractivity contribution < 1.29 is 9.90 Å². The maximum Gasteiger partial charge on any atom is 0.427 e. The average molecular weight is 304 g/mol. The highest BCUT2D eigenvalue weighted by molar-refractivity contribution is 8.76. The van der Waals surface area contributed by atoms with Gasteiger partial charge in [-0.05, 0) is 38.5 Å². The van der Waals surface area contributed by atoms with Crippen molar-refractivity contribution in [3.63, 3.8) is 0 Å². The Morgan fingerprint density at radius 1 is 1.12 bits per heavy atom. The molecule has 7 heteroatoms. The van der Waals surface area contributed by atoms with Crippen molar-refractivity contribution in [2.45, 2.75) is 39.5 Å². The summed E-state index contributed by atoms with van der Waals surface area (Å²) in [6.45, 7) is 4.49. The molecule has 0 aliphatic rings. The Kier molecular flexibility index (Phi) is 18.6. The highest BCUT2D eigenvalue weighted by Crippen LogP contribution is 2.23. The summed E-state index contributed by atoms with van der Waals surface area (Å²) in [7, 11) is 4.07. The molecule has 0 saturated carbocycles. The summed E-state index contributed by atoms with van der Waals surface area (Å²) in [6.07, 6.45) is 4.25. The number of rotatable bonds is 7. The smallest absolute Gasteiger partial charge is 0.427 e. The largest absolute Gasteiger partial charge is 0.464 e. The fourth-order valence-corrected chi connectivity index (χ4v) is 2.99. The first kappa shape index (κ1) is 19.0. The molecular weight excluding hydrogens is 282 g/mol. The van der Waals surface area contributed by atoms with Crippen molar-refractivity contribution in [1.29, 1.82) is 0 Å². The number of hydrogen-bond acceptors (Lipinski definition) is 5. The number of nitrogens with zero attached hydrogens (tertiary/aromatic N) is 1. The lowest BCUT2D eigenvalue weighted by Crippen LogP contribution is -2.05. The van der Waals surface area contributed by atoms with Crippen LogP contribution < -0.4 is 0 Å². The van der Waals surface area contributed by atoms with Crippen LogP contribution in [-0.2, 0) is 0 Å². The molecule has 0 heterocycles. The molecule has 0 radical (unpaired) electrons. The number of unbranched alkanes of at least 4 members (excludes halogenated alkanes) is 2. The molecule has 0 spiro atoms. The SMILES string of the molecule is CCCCSSCCCC.O=C(O)N(S)S. The molecule has 0 fully saturated rings. The Balaban J connectivity index is 0. The molecule has 1 N–H and O–H groups in total. The Morgan fingerprint density at radius 3 is 1.62 bits per heavy atom. The molecule has 3 nitrogen and oxygen atoms in total. The van der Waals surface area contributed by atoms with Gasteiger partial charge in [-0.3, -0.25) is 0 Å². The van der Waals surface area contributed by atoms with Crippen molar-refractivity contribution in [2.24, 2.45) is 0 Å². The van der Waals surface area contributed by atoms with E-state index in [-0.39, 0.29) is 0 Å². The van der Waals surface area contributed by atoms with E-state index in [2.05, 4.69) is 39.5 Å². The van der Waals surface area contributed by atoms with Gasteiger partial charge < -0.3 is 5.11 Å². The van der Waals surface area contributed by atoms with Gasteiger partial charge in [0.2, 0.25) is 0 Å². The van der Waals surface area contributed by atoms with Crippen LogP contribution >= 0.6 is 47.2 Å². The molecule has 0 aromatic carbocycles. The van der Waals surface area contributed by atoms with Gasteiger partial charge in [-0.1, -0.05) is 48.3 Å². The minimum Gasteiger partial charge on any atom is -0.464 e. The van der Waals surface area contributed by atoms with Crippen LogP contribution in [0.2, 0.25) is 0 Å². The molecule has 1 amide bonds. The summed E-state index contributed by atoms with van der Waals surface area (Å²) in [5.74, 6) is 2.68. The van der Waals surface area contributed by atoms with Crippen molar-refractivity contribution in [3.05, 3.63) is 0 Å². The van der Waals surface area contributed by atoms with Gasteiger partial charge in [-0.15, -0.1) is 0 Å². The molecule has 98 valence electrons. The lowest BCUT2D eigenvalue weighted by molar-refractivity contribution is 0.191. The van der Waals surface area contributed by atoms with E-state index < -0.39 is 6.09 Å². The fraction of sp³-hybridized carbons (Fsp3) is 0.889. The van der Waals surface area contributed by atoms with Gasteiger partial charge in [-0.25, -0.2) is 4.79 Å². The molecule has 0 aromatic rings. The van der Waals surface area contributed by atoms with Gasteiger partial charge in [-0.2, -0.15) is 3.71 Å². The second kappa shape index (κ2) is 15.7. The lowest BCUT2D eigenvalue weighted by Gasteiger charge is -1.97. The van der Waals surface area contributed by atoms with Crippen molar-refractivity contribution in [1.82, 2.24) is 3.71 Å². The molecule has 16 heavy (non-hydrogen) atoms. The maximum atomic E-state index is 9.47. The summed E-state index contributed by atoms with van der Waals surface area (Å²) in [4.78, 5) is 9.47. The Bertz CT molecular complexity index is 150. The Hall–Kier alpha value is 0.670. The molecule has 0 aliphatic heterocycles. The third-order valence-corrected chi connectivity index (χ3v) is 4.34. The van der Waals surface area contributed by atoms with Crippen molar-refractivity contribution in [2.75, 3.05) is 11.5 Å². The molecule has 0 bridgehead atoms. The molecule has 0 rings (SSSR count). The van der Waals surface area contributed by atoms with Crippen LogP contribution in [0.5, 0.6) is 0 Å². The van der Waals surface area contributed by atoms with E-state index in [1.165, 1.54) is 37.2 Å². The number of carbonyl (C=O) groups is 1. The monoisotopic (exact) mass is 303 g/mol. The van der Waals surface area contributed by atoms with E-state index in [4.69, 9.17) is 5.11 Å². The molecule has 0 unspecified atom stereocenters. The molecule has 0 saturated heterocycles. The maximum absolute atomic E-state index is 9.47. The highest BCUT2D eigenvalue weighted by Gasteiger charge is 1.95. The van der Waals surface area contributed by atoms with Gasteiger partial charge >= 0.3 is 6.09 Å². The van der Waals surface area contributed by atoms with Crippen molar-refractivity contribution >= 4 is 53.3 Å². The van der Waals surface area contributed by atoms with E-state index in [1.54, 1.807) is 0 Å². The minimum atomic E-state index is -1.18. The lowest BCUT2D eigenvalue weighted by atomic mass is 10.4. The highest BCUT2D eigenvalue weighted by atomic mass is 33.1. The van der Waals surface area contributed by atoms with E-state index >= 15 is 0 Å². The van der Waals surface area contributed by atoms with E-state index in [9.17, 15) is 4.79 Å². The van der Waals surface area contributed by atoms with Gasteiger partial charge in [0.05, 0.1) is 0 Å². The second-order valence-electron chi connectivity index (χ2n) is 2.92. The summed E-state index contributed by atoms with van der Waals surface area (Å²) in [6, 6.07) is 0. The topological polar surface area (TPSA) is 40.5 Å². The van der Waals surface area contributed by atoms with Crippen LogP contribution in [0, 0.1) is 0 Å². The Labute approximate surface area is 118 Å². The predicted octanol–water partition coefficient (Wildman–Crippen LogP) is 4.62. The summed E-state index contributed by atoms with van der Waals surface area (Å²) < 4.78 is 0.472. The third-order valence-electron chi connectivity index (χ3n) is 1.42. The van der Waals surface area contributed by atoms with Gasteiger partial charge in [0.25, 0.3) is 0 Å². The molecular formula is C9H21NO2S4. The quantitative estimate of drug-likeness (QED) is 0.364. The van der Waals surface area contributed by atoms with Crippen LogP contribution in [0.1, 0.15) is 39.5 Å². The number of amides is 1. The van der Waals surface area contributed by atoms with Crippen LogP contribution in [0.4, 0.5) is 4.79 Å². The van der Waals surface area contributed by atoms with Crippen LogP contribution in [0.25, 0.3) is 0 Å². The first-order valence-corrected chi connectivity index (χ1v) is 8.50. The zero-order valence-electron chi connectivity index (χ0n) is 9.76. The summed E-state index contributed by atoms with van der Waals surface area (Å²) in [5, 5.41) is 7.76. The Morgan fingerprint density at radius 2 is 1.44 bits per heavy atom.